The van der Waals surface area contributed by atoms with Crippen LogP contribution in [0, 0.1) is 11.8 Å². The van der Waals surface area contributed by atoms with Crippen molar-refractivity contribution in [3.8, 4) is 5.75 Å². The van der Waals surface area contributed by atoms with Crippen LogP contribution < -0.4 is 5.32 Å². The van der Waals surface area contributed by atoms with Crippen molar-refractivity contribution in [2.75, 3.05) is 13.1 Å². The molecule has 0 spiro atoms. The number of nitrogens with one attached hydrogen (secondary N) is 1. The molecule has 1 heterocycles. The minimum atomic E-state index is 0.365. The van der Waals surface area contributed by atoms with E-state index in [4.69, 9.17) is 0 Å². The number of rotatable bonds is 2. The number of fused-ring (bicyclic) bond motifs is 1. The van der Waals surface area contributed by atoms with Crippen molar-refractivity contribution in [3.05, 3.63) is 29.8 Å². The molecule has 80 valence electrons. The molecular formula is C13H17NO. The second kappa shape index (κ2) is 2.99. The molecular weight excluding hydrogens is 186 g/mol. The largest absolute Gasteiger partial charge is 0.508 e. The van der Waals surface area contributed by atoms with Crippen LogP contribution in [-0.4, -0.2) is 18.2 Å². The van der Waals surface area contributed by atoms with Gasteiger partial charge in [-0.3, -0.25) is 0 Å². The molecule has 0 bridgehead atoms. The van der Waals surface area contributed by atoms with E-state index in [1.54, 1.807) is 6.07 Å². The van der Waals surface area contributed by atoms with Gasteiger partial charge >= 0.3 is 0 Å². The fraction of sp³-hybridized carbons (Fsp3) is 0.538. The van der Waals surface area contributed by atoms with Crippen LogP contribution in [0.4, 0.5) is 0 Å². The summed E-state index contributed by atoms with van der Waals surface area (Å²) in [7, 11) is 0. The van der Waals surface area contributed by atoms with Gasteiger partial charge in [0.25, 0.3) is 0 Å². The Labute approximate surface area is 90.3 Å². The van der Waals surface area contributed by atoms with E-state index in [9.17, 15) is 5.11 Å². The van der Waals surface area contributed by atoms with Crippen LogP contribution in [0.25, 0.3) is 0 Å². The summed E-state index contributed by atoms with van der Waals surface area (Å²) in [5.41, 5.74) is 1.70. The van der Waals surface area contributed by atoms with E-state index in [0.717, 1.165) is 24.9 Å². The Kier molecular flexibility index (Phi) is 1.84. The molecule has 2 heteroatoms. The van der Waals surface area contributed by atoms with Gasteiger partial charge < -0.3 is 10.4 Å². The summed E-state index contributed by atoms with van der Waals surface area (Å²) in [4.78, 5) is 0. The van der Waals surface area contributed by atoms with E-state index in [2.05, 4.69) is 18.3 Å². The first-order chi connectivity index (χ1) is 7.29. The molecule has 2 aliphatic rings. The minimum Gasteiger partial charge on any atom is -0.508 e. The first-order valence-corrected chi connectivity index (χ1v) is 5.79. The quantitative estimate of drug-likeness (QED) is 0.769. The highest BCUT2D eigenvalue weighted by atomic mass is 16.3. The molecule has 0 amide bonds. The average molecular weight is 203 g/mol. The normalized spacial score (nSPS) is 37.7. The van der Waals surface area contributed by atoms with Gasteiger partial charge in [-0.2, -0.15) is 0 Å². The lowest BCUT2D eigenvalue weighted by Crippen LogP contribution is -2.24. The van der Waals surface area contributed by atoms with Gasteiger partial charge in [0.2, 0.25) is 0 Å². The number of hydrogen-bond acceptors (Lipinski definition) is 2. The second-order valence-corrected chi connectivity index (χ2v) is 4.82. The van der Waals surface area contributed by atoms with Gasteiger partial charge in [-0.1, -0.05) is 19.1 Å². The van der Waals surface area contributed by atoms with Gasteiger partial charge in [0, 0.05) is 5.41 Å². The van der Waals surface area contributed by atoms with Crippen LogP contribution >= 0.6 is 0 Å². The third-order valence-corrected chi connectivity index (χ3v) is 4.40. The zero-order chi connectivity index (χ0) is 10.5. The van der Waals surface area contributed by atoms with Crippen molar-refractivity contribution in [3.63, 3.8) is 0 Å². The Morgan fingerprint density at radius 1 is 1.40 bits per heavy atom. The number of aromatic hydroxyl groups is 1. The topological polar surface area (TPSA) is 32.3 Å². The van der Waals surface area contributed by atoms with E-state index >= 15 is 0 Å². The molecule has 1 saturated heterocycles. The number of benzene rings is 1. The van der Waals surface area contributed by atoms with Crippen molar-refractivity contribution in [2.24, 2.45) is 11.8 Å². The van der Waals surface area contributed by atoms with E-state index in [1.807, 2.05) is 12.1 Å². The number of hydrogen-bond donors (Lipinski definition) is 2. The maximum Gasteiger partial charge on any atom is 0.115 e. The highest BCUT2D eigenvalue weighted by molar-refractivity contribution is 5.42. The van der Waals surface area contributed by atoms with Crippen LogP contribution in [0.1, 0.15) is 18.9 Å². The predicted molar refractivity (Wildman–Crippen MR) is 59.9 cm³/mol. The molecule has 1 unspecified atom stereocenters. The zero-order valence-electron chi connectivity index (χ0n) is 9.03. The van der Waals surface area contributed by atoms with Gasteiger partial charge in [-0.15, -0.1) is 0 Å². The minimum absolute atomic E-state index is 0.365. The van der Waals surface area contributed by atoms with Crippen LogP contribution in [0.5, 0.6) is 5.75 Å². The Morgan fingerprint density at radius 2 is 2.13 bits per heavy atom. The smallest absolute Gasteiger partial charge is 0.115 e. The van der Waals surface area contributed by atoms with Gasteiger partial charge in [-0.25, -0.2) is 0 Å². The molecule has 1 saturated carbocycles. The molecule has 2 fully saturated rings. The number of phenolic OH excluding ortho intramolecular Hbond substituents is 1. The summed E-state index contributed by atoms with van der Waals surface area (Å²) in [6.07, 6.45) is 1.19. The summed E-state index contributed by atoms with van der Waals surface area (Å²) in [5, 5.41) is 13.0. The Balaban J connectivity index is 1.99. The second-order valence-electron chi connectivity index (χ2n) is 4.82. The fourth-order valence-corrected chi connectivity index (χ4v) is 3.60. The predicted octanol–water partition coefficient (Wildman–Crippen LogP) is 1.89. The van der Waals surface area contributed by atoms with E-state index < -0.39 is 0 Å². The molecule has 1 aliphatic carbocycles. The summed E-state index contributed by atoms with van der Waals surface area (Å²) >= 11 is 0. The number of phenols is 1. The standard InChI is InChI=1S/C13H17NO/c1-2-13(11-7-14-8-12(11)13)9-4-3-5-10(15)6-9/h3-6,11-12,14-15H,2,7-8H2,1H3/t11-,12+,13?. The lowest BCUT2D eigenvalue weighted by molar-refractivity contribution is 0.466. The van der Waals surface area contributed by atoms with Crippen molar-refractivity contribution in [2.45, 2.75) is 18.8 Å². The van der Waals surface area contributed by atoms with Gasteiger partial charge in [0.05, 0.1) is 0 Å². The van der Waals surface area contributed by atoms with Crippen LogP contribution in [0.3, 0.4) is 0 Å². The third kappa shape index (κ3) is 1.08. The first-order valence-electron chi connectivity index (χ1n) is 5.79. The maximum absolute atomic E-state index is 9.55. The molecule has 15 heavy (non-hydrogen) atoms. The van der Waals surface area contributed by atoms with E-state index in [0.29, 0.717) is 11.2 Å². The van der Waals surface area contributed by atoms with Crippen molar-refractivity contribution < 1.29 is 5.11 Å². The van der Waals surface area contributed by atoms with Gasteiger partial charge in [-0.05, 0) is 49.0 Å². The van der Waals surface area contributed by atoms with E-state index in [-0.39, 0.29) is 0 Å². The average Bonchev–Trinajstić information content (AvgIpc) is 2.62. The molecule has 0 radical (unpaired) electrons. The van der Waals surface area contributed by atoms with Crippen LogP contribution in [0.2, 0.25) is 0 Å². The van der Waals surface area contributed by atoms with Gasteiger partial charge in [0.1, 0.15) is 5.75 Å². The summed E-state index contributed by atoms with van der Waals surface area (Å²) < 4.78 is 0. The van der Waals surface area contributed by atoms with Crippen molar-refractivity contribution in [1.82, 2.24) is 5.32 Å². The van der Waals surface area contributed by atoms with Crippen molar-refractivity contribution in [1.29, 1.82) is 0 Å². The summed E-state index contributed by atoms with van der Waals surface area (Å²) in [6, 6.07) is 7.83. The molecule has 1 aromatic carbocycles. The summed E-state index contributed by atoms with van der Waals surface area (Å²) in [6.45, 7) is 4.56. The molecule has 3 atom stereocenters. The summed E-state index contributed by atoms with van der Waals surface area (Å²) in [5.74, 6) is 1.99. The van der Waals surface area contributed by atoms with Gasteiger partial charge in [0.15, 0.2) is 0 Å². The lowest BCUT2D eigenvalue weighted by Gasteiger charge is -2.20. The Bertz CT molecular complexity index is 378. The highest BCUT2D eigenvalue weighted by Crippen LogP contribution is 2.63. The highest BCUT2D eigenvalue weighted by Gasteiger charge is 2.65. The third-order valence-electron chi connectivity index (χ3n) is 4.40. The Morgan fingerprint density at radius 3 is 2.73 bits per heavy atom. The van der Waals surface area contributed by atoms with Crippen LogP contribution in [-0.2, 0) is 5.41 Å². The fourth-order valence-electron chi connectivity index (χ4n) is 3.60. The zero-order valence-corrected chi connectivity index (χ0v) is 9.03. The maximum atomic E-state index is 9.55. The monoisotopic (exact) mass is 203 g/mol. The first kappa shape index (κ1) is 9.22. The molecule has 0 aromatic heterocycles. The van der Waals surface area contributed by atoms with Crippen LogP contribution in [0.15, 0.2) is 24.3 Å². The lowest BCUT2D eigenvalue weighted by atomic mass is 9.88. The molecule has 3 rings (SSSR count). The SMILES string of the molecule is CCC1(c2cccc(O)c2)[C@@H]2CNC[C@@H]21. The molecule has 2 nitrogen and oxygen atoms in total. The molecule has 1 aromatic rings. The molecule has 1 aliphatic heterocycles. The van der Waals surface area contributed by atoms with Crippen molar-refractivity contribution >= 4 is 0 Å². The number of piperidine rings is 1. The Hall–Kier alpha value is -1.02. The van der Waals surface area contributed by atoms with E-state index in [1.165, 1.54) is 12.0 Å². The molecule has 2 N–H and O–H groups in total.